The van der Waals surface area contributed by atoms with Gasteiger partial charge >= 0.3 is 7.12 Å². The molecule has 0 aliphatic carbocycles. The number of nitrogens with zero attached hydrogens (tertiary/aromatic N) is 3. The van der Waals surface area contributed by atoms with E-state index in [2.05, 4.69) is 15.3 Å². The van der Waals surface area contributed by atoms with Crippen LogP contribution in [0.4, 0.5) is 5.82 Å². The number of fused-ring (bicyclic) bond motifs is 1. The smallest absolute Gasteiger partial charge is 0.423 e. The number of benzene rings is 2. The van der Waals surface area contributed by atoms with Gasteiger partial charge < -0.3 is 21.1 Å². The van der Waals surface area contributed by atoms with E-state index in [-0.39, 0.29) is 11.6 Å². The summed E-state index contributed by atoms with van der Waals surface area (Å²) in [6.45, 7) is 2.37. The van der Waals surface area contributed by atoms with Crippen LogP contribution in [0, 0.1) is 6.92 Å². The van der Waals surface area contributed by atoms with Crippen LogP contribution >= 0.6 is 0 Å². The lowest BCUT2D eigenvalue weighted by atomic mass is 9.78. The zero-order valence-electron chi connectivity index (χ0n) is 16.3. The van der Waals surface area contributed by atoms with E-state index in [1.165, 1.54) is 6.07 Å². The van der Waals surface area contributed by atoms with Crippen LogP contribution in [-0.2, 0) is 6.54 Å². The first-order valence-electron chi connectivity index (χ1n) is 9.38. The lowest BCUT2D eigenvalue weighted by molar-refractivity contribution is 0.0995. The van der Waals surface area contributed by atoms with Crippen LogP contribution < -0.4 is 16.5 Å². The van der Waals surface area contributed by atoms with E-state index in [0.717, 1.165) is 11.3 Å². The molecule has 2 aromatic heterocycles. The number of anilines is 1. The van der Waals surface area contributed by atoms with Gasteiger partial charge in [-0.15, -0.1) is 0 Å². The van der Waals surface area contributed by atoms with Crippen molar-refractivity contribution in [2.45, 2.75) is 13.5 Å². The normalized spacial score (nSPS) is 10.9. The van der Waals surface area contributed by atoms with Crippen molar-refractivity contribution in [2.24, 2.45) is 5.73 Å². The Balaban J connectivity index is 1.80. The third-order valence-electron chi connectivity index (χ3n) is 4.83. The zero-order valence-corrected chi connectivity index (χ0v) is 16.3. The number of carbonyl (C=O) groups is 1. The van der Waals surface area contributed by atoms with Crippen molar-refractivity contribution < 1.29 is 14.8 Å². The molecule has 150 valence electrons. The maximum atomic E-state index is 11.9. The first-order valence-corrected chi connectivity index (χ1v) is 9.38. The summed E-state index contributed by atoms with van der Waals surface area (Å²) in [6.07, 6.45) is 0. The number of rotatable bonds is 6. The van der Waals surface area contributed by atoms with Crippen LogP contribution in [0.1, 0.15) is 21.7 Å². The summed E-state index contributed by atoms with van der Waals surface area (Å²) in [5.41, 5.74) is 8.47. The van der Waals surface area contributed by atoms with Gasteiger partial charge in [-0.2, -0.15) is 4.98 Å². The van der Waals surface area contributed by atoms with Crippen molar-refractivity contribution in [3.05, 3.63) is 77.6 Å². The zero-order chi connectivity index (χ0) is 21.3. The van der Waals surface area contributed by atoms with E-state index in [1.807, 2.05) is 49.4 Å². The lowest BCUT2D eigenvalue weighted by Gasteiger charge is -2.12. The van der Waals surface area contributed by atoms with E-state index in [0.29, 0.717) is 28.7 Å². The summed E-state index contributed by atoms with van der Waals surface area (Å²) < 4.78 is 1.75. The molecule has 2 aromatic carbocycles. The number of aryl methyl sites for hydroxylation is 1. The van der Waals surface area contributed by atoms with Crippen LogP contribution in [0.5, 0.6) is 0 Å². The predicted octanol–water partition coefficient (Wildman–Crippen LogP) is 1.12. The lowest BCUT2D eigenvalue weighted by Crippen LogP contribution is -2.30. The number of amides is 1. The van der Waals surface area contributed by atoms with Crippen molar-refractivity contribution >= 4 is 35.2 Å². The van der Waals surface area contributed by atoms with Gasteiger partial charge in [0.1, 0.15) is 11.5 Å². The average Bonchev–Trinajstić information content (AvgIpc) is 3.08. The highest BCUT2D eigenvalue weighted by atomic mass is 16.4. The van der Waals surface area contributed by atoms with Crippen molar-refractivity contribution in [1.29, 1.82) is 0 Å². The second kappa shape index (κ2) is 7.98. The van der Waals surface area contributed by atoms with Crippen LogP contribution in [0.25, 0.3) is 16.9 Å². The molecule has 0 fully saturated rings. The Kier molecular flexibility index (Phi) is 5.22. The van der Waals surface area contributed by atoms with Gasteiger partial charge in [0, 0.05) is 23.7 Å². The summed E-state index contributed by atoms with van der Waals surface area (Å²) >= 11 is 0. The van der Waals surface area contributed by atoms with Crippen molar-refractivity contribution in [1.82, 2.24) is 14.5 Å². The molecule has 4 aromatic rings. The maximum absolute atomic E-state index is 11.9. The van der Waals surface area contributed by atoms with Gasteiger partial charge in [0.05, 0.1) is 5.52 Å². The molecule has 5 N–H and O–H groups in total. The molecule has 0 spiro atoms. The van der Waals surface area contributed by atoms with Crippen LogP contribution in [-0.4, -0.2) is 37.6 Å². The average molecular weight is 401 g/mol. The van der Waals surface area contributed by atoms with Crippen LogP contribution in [0.2, 0.25) is 0 Å². The molecule has 0 bridgehead atoms. The molecule has 0 saturated carbocycles. The molecule has 1 amide bonds. The fourth-order valence-corrected chi connectivity index (χ4v) is 3.42. The van der Waals surface area contributed by atoms with Crippen molar-refractivity contribution in [3.63, 3.8) is 0 Å². The molecule has 9 heteroatoms. The number of hydrogen-bond donors (Lipinski definition) is 4. The number of hydrogen-bond acceptors (Lipinski definition) is 6. The van der Waals surface area contributed by atoms with Gasteiger partial charge in [-0.25, -0.2) is 4.98 Å². The quantitative estimate of drug-likeness (QED) is 0.359. The molecule has 4 rings (SSSR count). The monoisotopic (exact) mass is 401 g/mol. The topological polar surface area (TPSA) is 126 Å². The largest absolute Gasteiger partial charge is 0.489 e. The summed E-state index contributed by atoms with van der Waals surface area (Å²) in [4.78, 5) is 20.8. The molecule has 0 unspecified atom stereocenters. The fourth-order valence-electron chi connectivity index (χ4n) is 3.42. The number of primary amides is 1. The minimum absolute atomic E-state index is 0.0789. The molecule has 30 heavy (non-hydrogen) atoms. The SMILES string of the molecule is Cc1cc2c(B(O)O)cccc2n1-c1nc(NCc2ccccc2)cc(C(N)=O)n1. The standard InChI is InChI=1S/C21H20BN5O3/c1-13-10-15-16(22(29)30)8-5-9-18(15)27(13)21-25-17(20(23)28)11-19(26-21)24-12-14-6-3-2-4-7-14/h2-11,29-30H,12H2,1H3,(H2,23,28)(H,24,25,26). The molecular weight excluding hydrogens is 381 g/mol. The van der Waals surface area contributed by atoms with E-state index in [4.69, 9.17) is 5.73 Å². The minimum atomic E-state index is -1.61. The Hall–Kier alpha value is -3.69. The Labute approximate surface area is 173 Å². The second-order valence-corrected chi connectivity index (χ2v) is 6.92. The number of nitrogens with one attached hydrogen (secondary N) is 1. The molecule has 0 aliphatic heterocycles. The Morgan fingerprint density at radius 3 is 2.57 bits per heavy atom. The third kappa shape index (κ3) is 3.76. The molecule has 0 atom stereocenters. The summed E-state index contributed by atoms with van der Waals surface area (Å²) in [5.74, 6) is 0.0539. The predicted molar refractivity (Wildman–Crippen MR) is 116 cm³/mol. The molecular formula is C21H20BN5O3. The highest BCUT2D eigenvalue weighted by Crippen LogP contribution is 2.23. The second-order valence-electron chi connectivity index (χ2n) is 6.92. The molecule has 8 nitrogen and oxygen atoms in total. The Morgan fingerprint density at radius 1 is 1.10 bits per heavy atom. The first kappa shape index (κ1) is 19.6. The Morgan fingerprint density at radius 2 is 1.87 bits per heavy atom. The van der Waals surface area contributed by atoms with Gasteiger partial charge in [-0.3, -0.25) is 9.36 Å². The van der Waals surface area contributed by atoms with Gasteiger partial charge in [-0.1, -0.05) is 42.5 Å². The highest BCUT2D eigenvalue weighted by Gasteiger charge is 2.20. The summed E-state index contributed by atoms with van der Waals surface area (Å²) in [6, 6.07) is 18.3. The van der Waals surface area contributed by atoms with Gasteiger partial charge in [0.25, 0.3) is 5.91 Å². The summed E-state index contributed by atoms with van der Waals surface area (Å²) in [7, 11) is -1.61. The van der Waals surface area contributed by atoms with Crippen molar-refractivity contribution in [3.8, 4) is 5.95 Å². The summed E-state index contributed by atoms with van der Waals surface area (Å²) in [5, 5.41) is 23.2. The molecule has 2 heterocycles. The maximum Gasteiger partial charge on any atom is 0.489 e. The third-order valence-corrected chi connectivity index (χ3v) is 4.83. The first-order chi connectivity index (χ1) is 14.4. The molecule has 0 aliphatic rings. The van der Waals surface area contributed by atoms with E-state index in [1.54, 1.807) is 16.7 Å². The highest BCUT2D eigenvalue weighted by molar-refractivity contribution is 6.61. The minimum Gasteiger partial charge on any atom is -0.423 e. The van der Waals surface area contributed by atoms with Gasteiger partial charge in [-0.05, 0) is 30.1 Å². The number of carbonyl (C=O) groups excluding carboxylic acids is 1. The Bertz CT molecular complexity index is 1220. The van der Waals surface area contributed by atoms with Crippen LogP contribution in [0.3, 0.4) is 0 Å². The van der Waals surface area contributed by atoms with E-state index in [9.17, 15) is 14.8 Å². The number of aromatic nitrogens is 3. The van der Waals surface area contributed by atoms with Gasteiger partial charge in [0.15, 0.2) is 0 Å². The van der Waals surface area contributed by atoms with Crippen molar-refractivity contribution in [2.75, 3.05) is 5.32 Å². The van der Waals surface area contributed by atoms with Gasteiger partial charge in [0.2, 0.25) is 5.95 Å². The van der Waals surface area contributed by atoms with E-state index >= 15 is 0 Å². The number of nitrogens with two attached hydrogens (primary N) is 1. The molecule has 0 radical (unpaired) electrons. The van der Waals surface area contributed by atoms with E-state index < -0.39 is 13.0 Å². The molecule has 0 saturated heterocycles. The van der Waals surface area contributed by atoms with Crippen LogP contribution in [0.15, 0.2) is 60.7 Å². The fraction of sp³-hybridized carbons (Fsp3) is 0.0952.